The van der Waals surface area contributed by atoms with E-state index in [0.717, 1.165) is 6.42 Å². The van der Waals surface area contributed by atoms with Crippen molar-refractivity contribution in [3.63, 3.8) is 0 Å². The highest BCUT2D eigenvalue weighted by atomic mass is 32.1. The molecule has 2 N–H and O–H groups in total. The SMILES string of the molecule is NCc1cc(-c2ccc(Cc3ccccc3)cc2)cs1. The normalized spacial score (nSPS) is 10.7. The smallest absolute Gasteiger partial charge is 0.0274 e. The van der Waals surface area contributed by atoms with Crippen molar-refractivity contribution in [3.8, 4) is 11.1 Å². The summed E-state index contributed by atoms with van der Waals surface area (Å²) in [4.78, 5) is 1.23. The Morgan fingerprint density at radius 2 is 1.50 bits per heavy atom. The second kappa shape index (κ2) is 6.04. The Balaban J connectivity index is 1.77. The molecule has 2 aromatic carbocycles. The van der Waals surface area contributed by atoms with E-state index < -0.39 is 0 Å². The topological polar surface area (TPSA) is 26.0 Å². The molecule has 2 heteroatoms. The van der Waals surface area contributed by atoms with Gasteiger partial charge in [-0.05, 0) is 40.1 Å². The van der Waals surface area contributed by atoms with Crippen LogP contribution in [0.1, 0.15) is 16.0 Å². The molecule has 1 nitrogen and oxygen atoms in total. The highest BCUT2D eigenvalue weighted by Crippen LogP contribution is 2.26. The van der Waals surface area contributed by atoms with Crippen LogP contribution in [0, 0.1) is 0 Å². The fourth-order valence-corrected chi connectivity index (χ4v) is 3.06. The molecule has 0 radical (unpaired) electrons. The molecule has 0 fully saturated rings. The largest absolute Gasteiger partial charge is 0.326 e. The highest BCUT2D eigenvalue weighted by molar-refractivity contribution is 7.10. The van der Waals surface area contributed by atoms with Crippen molar-refractivity contribution in [2.75, 3.05) is 0 Å². The van der Waals surface area contributed by atoms with Gasteiger partial charge in [0.05, 0.1) is 0 Å². The first kappa shape index (κ1) is 13.1. The van der Waals surface area contributed by atoms with E-state index in [1.54, 1.807) is 11.3 Å². The maximum absolute atomic E-state index is 5.66. The summed E-state index contributed by atoms with van der Waals surface area (Å²) in [5.41, 5.74) is 10.9. The van der Waals surface area contributed by atoms with Crippen LogP contribution < -0.4 is 5.73 Å². The van der Waals surface area contributed by atoms with Gasteiger partial charge in [-0.25, -0.2) is 0 Å². The van der Waals surface area contributed by atoms with Crippen molar-refractivity contribution in [1.29, 1.82) is 0 Å². The Bertz CT molecular complexity index is 668. The first-order chi connectivity index (χ1) is 9.85. The van der Waals surface area contributed by atoms with E-state index in [0.29, 0.717) is 6.54 Å². The summed E-state index contributed by atoms with van der Waals surface area (Å²) in [5.74, 6) is 0. The molecule has 0 unspecified atom stereocenters. The van der Waals surface area contributed by atoms with Crippen LogP contribution in [0.3, 0.4) is 0 Å². The number of rotatable bonds is 4. The second-order valence-electron chi connectivity index (χ2n) is 4.87. The number of hydrogen-bond acceptors (Lipinski definition) is 2. The van der Waals surface area contributed by atoms with Gasteiger partial charge in [0.2, 0.25) is 0 Å². The maximum atomic E-state index is 5.66. The van der Waals surface area contributed by atoms with Crippen LogP contribution in [-0.2, 0) is 13.0 Å². The molecule has 0 aliphatic heterocycles. The van der Waals surface area contributed by atoms with Crippen molar-refractivity contribution in [3.05, 3.63) is 82.0 Å². The van der Waals surface area contributed by atoms with E-state index in [4.69, 9.17) is 5.73 Å². The standard InChI is InChI=1S/C18H17NS/c19-12-18-11-17(13-20-18)16-8-6-15(7-9-16)10-14-4-2-1-3-5-14/h1-9,11,13H,10,12,19H2. The molecular weight excluding hydrogens is 262 g/mol. The number of nitrogens with two attached hydrogens (primary N) is 1. The summed E-state index contributed by atoms with van der Waals surface area (Å²) in [6.45, 7) is 0.622. The molecule has 0 bridgehead atoms. The Kier molecular flexibility index (Phi) is 3.95. The van der Waals surface area contributed by atoms with E-state index in [9.17, 15) is 0 Å². The van der Waals surface area contributed by atoms with E-state index in [2.05, 4.69) is 66.0 Å². The summed E-state index contributed by atoms with van der Waals surface area (Å²) in [5, 5.41) is 2.17. The highest BCUT2D eigenvalue weighted by Gasteiger charge is 2.02. The Hall–Kier alpha value is -1.90. The quantitative estimate of drug-likeness (QED) is 0.749. The molecule has 3 aromatic rings. The number of benzene rings is 2. The van der Waals surface area contributed by atoms with Gasteiger partial charge in [-0.1, -0.05) is 54.6 Å². The Morgan fingerprint density at radius 3 is 2.15 bits per heavy atom. The lowest BCUT2D eigenvalue weighted by atomic mass is 10.0. The average Bonchev–Trinajstić information content (AvgIpc) is 2.98. The molecule has 0 saturated carbocycles. The molecule has 0 amide bonds. The van der Waals surface area contributed by atoms with Crippen LogP contribution in [0.25, 0.3) is 11.1 Å². The van der Waals surface area contributed by atoms with Crippen molar-refractivity contribution in [2.45, 2.75) is 13.0 Å². The summed E-state index contributed by atoms with van der Waals surface area (Å²) in [6, 6.07) is 21.5. The molecule has 0 atom stereocenters. The molecule has 1 aromatic heterocycles. The molecule has 0 aliphatic rings. The van der Waals surface area contributed by atoms with Gasteiger partial charge in [0, 0.05) is 11.4 Å². The van der Waals surface area contributed by atoms with Gasteiger partial charge in [0.1, 0.15) is 0 Å². The van der Waals surface area contributed by atoms with Gasteiger partial charge in [0.25, 0.3) is 0 Å². The fourth-order valence-electron chi connectivity index (χ4n) is 2.29. The summed E-state index contributed by atoms with van der Waals surface area (Å²) in [6.07, 6.45) is 0.985. The lowest BCUT2D eigenvalue weighted by Crippen LogP contribution is -1.91. The van der Waals surface area contributed by atoms with Gasteiger partial charge in [-0.3, -0.25) is 0 Å². The third kappa shape index (κ3) is 2.98. The first-order valence-electron chi connectivity index (χ1n) is 6.76. The van der Waals surface area contributed by atoms with Crippen LogP contribution in [0.2, 0.25) is 0 Å². The zero-order valence-electron chi connectivity index (χ0n) is 11.3. The number of thiophene rings is 1. The van der Waals surface area contributed by atoms with Crippen molar-refractivity contribution < 1.29 is 0 Å². The third-order valence-electron chi connectivity index (χ3n) is 3.39. The van der Waals surface area contributed by atoms with Gasteiger partial charge in [-0.2, -0.15) is 0 Å². The molecule has 0 spiro atoms. The van der Waals surface area contributed by atoms with Crippen LogP contribution in [0.4, 0.5) is 0 Å². The van der Waals surface area contributed by atoms with E-state index in [1.165, 1.54) is 27.1 Å². The van der Waals surface area contributed by atoms with Gasteiger partial charge >= 0.3 is 0 Å². The molecule has 20 heavy (non-hydrogen) atoms. The average molecular weight is 279 g/mol. The zero-order chi connectivity index (χ0) is 13.8. The minimum atomic E-state index is 0.622. The Morgan fingerprint density at radius 1 is 0.800 bits per heavy atom. The summed E-state index contributed by atoms with van der Waals surface area (Å²) >= 11 is 1.73. The van der Waals surface area contributed by atoms with Crippen LogP contribution >= 0.6 is 11.3 Å². The molecule has 0 aliphatic carbocycles. The van der Waals surface area contributed by atoms with E-state index in [1.807, 2.05) is 0 Å². The molecule has 1 heterocycles. The molecule has 0 saturated heterocycles. The van der Waals surface area contributed by atoms with Gasteiger partial charge < -0.3 is 5.73 Å². The summed E-state index contributed by atoms with van der Waals surface area (Å²) in [7, 11) is 0. The van der Waals surface area contributed by atoms with Crippen molar-refractivity contribution in [2.24, 2.45) is 5.73 Å². The van der Waals surface area contributed by atoms with Gasteiger partial charge in [-0.15, -0.1) is 11.3 Å². The predicted octanol–water partition coefficient (Wildman–Crippen LogP) is 4.46. The summed E-state index contributed by atoms with van der Waals surface area (Å²) < 4.78 is 0. The lowest BCUT2D eigenvalue weighted by molar-refractivity contribution is 1.11. The second-order valence-corrected chi connectivity index (χ2v) is 5.86. The Labute approximate surface area is 123 Å². The molecular formula is C18H17NS. The molecule has 100 valence electrons. The van der Waals surface area contributed by atoms with Crippen molar-refractivity contribution in [1.82, 2.24) is 0 Å². The minimum Gasteiger partial charge on any atom is -0.326 e. The van der Waals surface area contributed by atoms with E-state index in [-0.39, 0.29) is 0 Å². The fraction of sp³-hybridized carbons (Fsp3) is 0.111. The molecule has 3 rings (SSSR count). The van der Waals surface area contributed by atoms with Crippen molar-refractivity contribution >= 4 is 11.3 Å². The number of hydrogen-bond donors (Lipinski definition) is 1. The monoisotopic (exact) mass is 279 g/mol. The predicted molar refractivity (Wildman–Crippen MR) is 86.9 cm³/mol. The first-order valence-corrected chi connectivity index (χ1v) is 7.64. The lowest BCUT2D eigenvalue weighted by Gasteiger charge is -2.03. The van der Waals surface area contributed by atoms with Crippen LogP contribution in [0.5, 0.6) is 0 Å². The van der Waals surface area contributed by atoms with Crippen LogP contribution in [-0.4, -0.2) is 0 Å². The maximum Gasteiger partial charge on any atom is 0.0274 e. The van der Waals surface area contributed by atoms with Gasteiger partial charge in [0.15, 0.2) is 0 Å². The minimum absolute atomic E-state index is 0.622. The van der Waals surface area contributed by atoms with Crippen LogP contribution in [0.15, 0.2) is 66.0 Å². The zero-order valence-corrected chi connectivity index (χ0v) is 12.1. The van der Waals surface area contributed by atoms with E-state index >= 15 is 0 Å². The third-order valence-corrected chi connectivity index (χ3v) is 4.35.